The van der Waals surface area contributed by atoms with Gasteiger partial charge in [-0.2, -0.15) is 0 Å². The zero-order valence-electron chi connectivity index (χ0n) is 19.7. The van der Waals surface area contributed by atoms with Crippen LogP contribution in [0.1, 0.15) is 16.8 Å². The van der Waals surface area contributed by atoms with Crippen molar-refractivity contribution in [1.82, 2.24) is 20.3 Å². The fourth-order valence-corrected chi connectivity index (χ4v) is 4.22. The van der Waals surface area contributed by atoms with Crippen LogP contribution in [0.4, 0.5) is 11.5 Å². The van der Waals surface area contributed by atoms with E-state index in [4.69, 9.17) is 9.47 Å². The molecular formula is C24H35ClN6O3. The van der Waals surface area contributed by atoms with Crippen molar-refractivity contribution in [2.45, 2.75) is 6.42 Å². The largest absolute Gasteiger partial charge is 0.495 e. The monoisotopic (exact) mass is 490 g/mol. The number of pyridine rings is 1. The Hall–Kier alpha value is -2.59. The summed E-state index contributed by atoms with van der Waals surface area (Å²) in [6.07, 6.45) is 2.70. The third-order valence-corrected chi connectivity index (χ3v) is 6.06. The van der Waals surface area contributed by atoms with Gasteiger partial charge in [0.15, 0.2) is 0 Å². The van der Waals surface area contributed by atoms with Crippen LogP contribution in [0.3, 0.4) is 0 Å². The van der Waals surface area contributed by atoms with E-state index >= 15 is 0 Å². The lowest BCUT2D eigenvalue weighted by Gasteiger charge is -2.36. The second-order valence-electron chi connectivity index (χ2n) is 8.22. The molecule has 2 N–H and O–H groups in total. The number of benzene rings is 1. The topological polar surface area (TPSA) is 82.2 Å². The Labute approximate surface area is 207 Å². The molecular weight excluding hydrogens is 456 g/mol. The van der Waals surface area contributed by atoms with Crippen LogP contribution in [0.5, 0.6) is 5.75 Å². The SMILES string of the molecule is COc1ccccc1N1CCN(CCCNc2ncccc2C(=O)NN2CCOCC2)CC1.Cl. The van der Waals surface area contributed by atoms with Crippen molar-refractivity contribution in [1.29, 1.82) is 0 Å². The number of anilines is 2. The molecule has 34 heavy (non-hydrogen) atoms. The highest BCUT2D eigenvalue weighted by atomic mass is 35.5. The normalized spacial score (nSPS) is 17.0. The molecule has 0 unspecified atom stereocenters. The summed E-state index contributed by atoms with van der Waals surface area (Å²) in [7, 11) is 1.72. The number of methoxy groups -OCH3 is 1. The van der Waals surface area contributed by atoms with E-state index < -0.39 is 0 Å². The van der Waals surface area contributed by atoms with Crippen molar-refractivity contribution >= 4 is 29.8 Å². The van der Waals surface area contributed by atoms with E-state index in [9.17, 15) is 4.79 Å². The number of hydrogen-bond donors (Lipinski definition) is 2. The molecule has 0 radical (unpaired) electrons. The van der Waals surface area contributed by atoms with E-state index in [1.807, 2.05) is 23.2 Å². The Morgan fingerprint density at radius 3 is 2.59 bits per heavy atom. The maximum absolute atomic E-state index is 12.7. The molecule has 1 aromatic carbocycles. The van der Waals surface area contributed by atoms with Crippen LogP contribution < -0.4 is 20.4 Å². The number of ether oxygens (including phenoxy) is 2. The fraction of sp³-hybridized carbons (Fsp3) is 0.500. The van der Waals surface area contributed by atoms with Gasteiger partial charge in [-0.1, -0.05) is 12.1 Å². The molecule has 2 aliphatic heterocycles. The molecule has 1 amide bonds. The summed E-state index contributed by atoms with van der Waals surface area (Å²) in [6, 6.07) is 11.8. The van der Waals surface area contributed by atoms with E-state index in [1.54, 1.807) is 19.4 Å². The standard InChI is InChI=1S/C24H34N6O3.ClH/c1-32-22-8-3-2-7-21(22)29-14-12-28(13-15-29)11-5-10-26-23-20(6-4-9-25-23)24(31)27-30-16-18-33-19-17-30;/h2-4,6-9H,5,10-19H2,1H3,(H,25,26)(H,27,31);1H. The van der Waals surface area contributed by atoms with Crippen LogP contribution in [-0.4, -0.2) is 93.5 Å². The van der Waals surface area contributed by atoms with Gasteiger partial charge in [-0.3, -0.25) is 15.1 Å². The smallest absolute Gasteiger partial charge is 0.269 e. The van der Waals surface area contributed by atoms with Gasteiger partial charge >= 0.3 is 0 Å². The highest BCUT2D eigenvalue weighted by molar-refractivity contribution is 5.98. The Morgan fingerprint density at radius 1 is 1.06 bits per heavy atom. The van der Waals surface area contributed by atoms with Crippen LogP contribution in [0.2, 0.25) is 0 Å². The maximum atomic E-state index is 12.7. The number of nitrogens with zero attached hydrogens (tertiary/aromatic N) is 4. The van der Waals surface area contributed by atoms with Crippen molar-refractivity contribution in [2.24, 2.45) is 0 Å². The fourth-order valence-electron chi connectivity index (χ4n) is 4.22. The Kier molecular flexibility index (Phi) is 10.2. The molecule has 0 atom stereocenters. The highest BCUT2D eigenvalue weighted by Gasteiger charge is 2.20. The lowest BCUT2D eigenvalue weighted by molar-refractivity contribution is 0.0126. The van der Waals surface area contributed by atoms with E-state index in [1.165, 1.54) is 5.69 Å². The number of carbonyl (C=O) groups excluding carboxylic acids is 1. The minimum Gasteiger partial charge on any atom is -0.495 e. The molecule has 3 heterocycles. The van der Waals surface area contributed by atoms with Gasteiger partial charge in [-0.25, -0.2) is 9.99 Å². The van der Waals surface area contributed by atoms with Gasteiger partial charge in [0.05, 0.1) is 31.6 Å². The third-order valence-electron chi connectivity index (χ3n) is 6.06. The van der Waals surface area contributed by atoms with Crippen LogP contribution in [-0.2, 0) is 4.74 Å². The second kappa shape index (κ2) is 13.3. The van der Waals surface area contributed by atoms with Gasteiger partial charge in [0.2, 0.25) is 0 Å². The number of aromatic nitrogens is 1. The summed E-state index contributed by atoms with van der Waals surface area (Å²) < 4.78 is 10.8. The van der Waals surface area contributed by atoms with Gasteiger partial charge in [-0.05, 0) is 37.2 Å². The van der Waals surface area contributed by atoms with Gasteiger partial charge in [0.25, 0.3) is 5.91 Å². The maximum Gasteiger partial charge on any atom is 0.269 e. The number of para-hydroxylation sites is 2. The second-order valence-corrected chi connectivity index (χ2v) is 8.22. The molecule has 9 nitrogen and oxygen atoms in total. The molecule has 0 bridgehead atoms. The van der Waals surface area contributed by atoms with Crippen LogP contribution in [0.25, 0.3) is 0 Å². The molecule has 186 valence electrons. The van der Waals surface area contributed by atoms with Crippen molar-refractivity contribution < 1.29 is 14.3 Å². The third kappa shape index (κ3) is 6.96. The highest BCUT2D eigenvalue weighted by Crippen LogP contribution is 2.28. The number of carbonyl (C=O) groups is 1. The lowest BCUT2D eigenvalue weighted by atomic mass is 10.2. The number of hydrogen-bond acceptors (Lipinski definition) is 8. The molecule has 0 saturated carbocycles. The van der Waals surface area contributed by atoms with Crippen LogP contribution >= 0.6 is 12.4 Å². The number of halogens is 1. The van der Waals surface area contributed by atoms with Gasteiger partial charge in [-0.15, -0.1) is 12.4 Å². The number of rotatable bonds is 9. The summed E-state index contributed by atoms with van der Waals surface area (Å²) in [4.78, 5) is 22.0. The first-order valence-corrected chi connectivity index (χ1v) is 11.7. The van der Waals surface area contributed by atoms with Gasteiger partial charge in [0.1, 0.15) is 11.6 Å². The quantitative estimate of drug-likeness (QED) is 0.517. The first-order valence-electron chi connectivity index (χ1n) is 11.7. The summed E-state index contributed by atoms with van der Waals surface area (Å²) in [5.41, 5.74) is 4.69. The zero-order valence-corrected chi connectivity index (χ0v) is 20.6. The Balaban J connectivity index is 0.00000324. The minimum absolute atomic E-state index is 0. The Bertz CT molecular complexity index is 904. The number of morpholine rings is 1. The molecule has 0 spiro atoms. The molecule has 2 fully saturated rings. The van der Waals surface area contributed by atoms with Crippen molar-refractivity contribution in [3.8, 4) is 5.75 Å². The molecule has 2 saturated heterocycles. The average molecular weight is 491 g/mol. The average Bonchev–Trinajstić information content (AvgIpc) is 2.88. The molecule has 2 aromatic rings. The van der Waals surface area contributed by atoms with Crippen molar-refractivity contribution in [3.05, 3.63) is 48.2 Å². The molecule has 4 rings (SSSR count). The predicted octanol–water partition coefficient (Wildman–Crippen LogP) is 2.11. The molecule has 0 aliphatic carbocycles. The van der Waals surface area contributed by atoms with Gasteiger partial charge in [0, 0.05) is 52.0 Å². The van der Waals surface area contributed by atoms with Gasteiger partial charge < -0.3 is 19.7 Å². The van der Waals surface area contributed by atoms with Crippen molar-refractivity contribution in [3.63, 3.8) is 0 Å². The van der Waals surface area contributed by atoms with Crippen LogP contribution in [0, 0.1) is 0 Å². The first kappa shape index (κ1) is 26.0. The summed E-state index contributed by atoms with van der Waals surface area (Å²) in [6.45, 7) is 8.44. The molecule has 2 aliphatic rings. The van der Waals surface area contributed by atoms with E-state index in [2.05, 4.69) is 37.7 Å². The molecule has 10 heteroatoms. The molecule has 1 aromatic heterocycles. The van der Waals surface area contributed by atoms with E-state index in [-0.39, 0.29) is 18.3 Å². The van der Waals surface area contributed by atoms with E-state index in [0.717, 1.165) is 51.4 Å². The zero-order chi connectivity index (χ0) is 22.9. The number of hydrazine groups is 1. The van der Waals surface area contributed by atoms with E-state index in [0.29, 0.717) is 37.7 Å². The number of piperazine rings is 1. The number of amides is 1. The summed E-state index contributed by atoms with van der Waals surface area (Å²) >= 11 is 0. The van der Waals surface area contributed by atoms with Crippen LogP contribution in [0.15, 0.2) is 42.6 Å². The summed E-state index contributed by atoms with van der Waals surface area (Å²) in [5.74, 6) is 1.42. The lowest BCUT2D eigenvalue weighted by Crippen LogP contribution is -2.48. The first-order chi connectivity index (χ1) is 16.2. The predicted molar refractivity (Wildman–Crippen MR) is 136 cm³/mol. The Morgan fingerprint density at radius 2 is 1.82 bits per heavy atom. The summed E-state index contributed by atoms with van der Waals surface area (Å²) in [5, 5.41) is 5.25. The van der Waals surface area contributed by atoms with Crippen molar-refractivity contribution in [2.75, 3.05) is 82.9 Å². The minimum atomic E-state index is -0.139. The number of nitrogens with one attached hydrogen (secondary N) is 2.